The van der Waals surface area contributed by atoms with Crippen LogP contribution in [-0.4, -0.2) is 15.1 Å². The first-order valence-electron chi connectivity index (χ1n) is 9.27. The molecule has 0 aliphatic heterocycles. The molecule has 1 N–H and O–H groups in total. The molecule has 0 amide bonds. The number of phenolic OH excluding ortho intramolecular Hbond substituents is 1. The molecule has 2 heterocycles. The summed E-state index contributed by atoms with van der Waals surface area (Å²) >= 11 is 6.04. The quantitative estimate of drug-likeness (QED) is 0.363. The van der Waals surface area contributed by atoms with Crippen molar-refractivity contribution in [2.45, 2.75) is 18.5 Å². The lowest BCUT2D eigenvalue weighted by Gasteiger charge is -2.21. The van der Waals surface area contributed by atoms with Crippen molar-refractivity contribution in [3.8, 4) is 5.75 Å². The van der Waals surface area contributed by atoms with Gasteiger partial charge in [-0.1, -0.05) is 35.9 Å². The Labute approximate surface area is 180 Å². The standard InChI is InChI=1S/C23H15ClF4N2O/c24-15-7-9-29-16(11-15)12-18(14-4-6-19(20(25)10-14)23(26,27)28)17-5-3-13-2-1-8-30-21(13)22(17)31/h1-11,18,31H,12H2. The number of rotatable bonds is 4. The number of fused-ring (bicyclic) bond motifs is 1. The Balaban J connectivity index is 1.86. The van der Waals surface area contributed by atoms with Gasteiger partial charge >= 0.3 is 6.18 Å². The van der Waals surface area contributed by atoms with E-state index >= 15 is 0 Å². The Bertz CT molecular complexity index is 1260. The van der Waals surface area contributed by atoms with E-state index in [-0.39, 0.29) is 17.7 Å². The summed E-state index contributed by atoms with van der Waals surface area (Å²) in [5.74, 6) is -2.19. The molecule has 0 fully saturated rings. The smallest absolute Gasteiger partial charge is 0.419 e. The van der Waals surface area contributed by atoms with Crippen LogP contribution in [-0.2, 0) is 12.6 Å². The molecule has 0 aliphatic carbocycles. The van der Waals surface area contributed by atoms with E-state index in [9.17, 15) is 22.7 Å². The second kappa shape index (κ2) is 8.15. The first-order chi connectivity index (χ1) is 14.7. The first-order valence-corrected chi connectivity index (χ1v) is 9.65. The van der Waals surface area contributed by atoms with Crippen LogP contribution in [0.3, 0.4) is 0 Å². The number of hydrogen-bond donors (Lipinski definition) is 1. The summed E-state index contributed by atoms with van der Waals surface area (Å²) in [6, 6.07) is 12.9. The van der Waals surface area contributed by atoms with Gasteiger partial charge in [-0.2, -0.15) is 13.2 Å². The van der Waals surface area contributed by atoms with Crippen LogP contribution in [0.2, 0.25) is 5.02 Å². The fraction of sp³-hybridized carbons (Fsp3) is 0.130. The van der Waals surface area contributed by atoms with Crippen molar-refractivity contribution in [3.63, 3.8) is 0 Å². The molecule has 4 aromatic rings. The highest BCUT2D eigenvalue weighted by molar-refractivity contribution is 6.30. The summed E-state index contributed by atoms with van der Waals surface area (Å²) in [6.07, 6.45) is -1.60. The number of phenols is 1. The van der Waals surface area contributed by atoms with Crippen LogP contribution in [0.5, 0.6) is 5.75 Å². The number of pyridine rings is 2. The number of benzene rings is 2. The molecule has 3 nitrogen and oxygen atoms in total. The first kappa shape index (κ1) is 21.1. The van der Waals surface area contributed by atoms with Crippen LogP contribution in [0.4, 0.5) is 17.6 Å². The predicted octanol–water partition coefficient (Wildman–Crippen LogP) is 6.52. The summed E-state index contributed by atoms with van der Waals surface area (Å²) in [6.45, 7) is 0. The molecule has 4 rings (SSSR count). The van der Waals surface area contributed by atoms with Gasteiger partial charge in [0.05, 0.1) is 5.56 Å². The Morgan fingerprint density at radius 3 is 2.48 bits per heavy atom. The third kappa shape index (κ3) is 4.32. The second-order valence-electron chi connectivity index (χ2n) is 7.04. The van der Waals surface area contributed by atoms with E-state index in [4.69, 9.17) is 11.6 Å². The van der Waals surface area contributed by atoms with Crippen molar-refractivity contribution in [1.29, 1.82) is 0 Å². The molecule has 31 heavy (non-hydrogen) atoms. The van der Waals surface area contributed by atoms with E-state index in [1.54, 1.807) is 36.4 Å². The van der Waals surface area contributed by atoms with Crippen LogP contribution >= 0.6 is 11.6 Å². The summed E-state index contributed by atoms with van der Waals surface area (Å²) in [5.41, 5.74) is 0.194. The number of alkyl halides is 3. The Morgan fingerprint density at radius 2 is 1.77 bits per heavy atom. The lowest BCUT2D eigenvalue weighted by atomic mass is 9.85. The highest BCUT2D eigenvalue weighted by atomic mass is 35.5. The van der Waals surface area contributed by atoms with Crippen LogP contribution < -0.4 is 0 Å². The lowest BCUT2D eigenvalue weighted by molar-refractivity contribution is -0.140. The molecule has 1 unspecified atom stereocenters. The molecule has 1 atom stereocenters. The van der Waals surface area contributed by atoms with E-state index in [2.05, 4.69) is 9.97 Å². The van der Waals surface area contributed by atoms with Crippen molar-refractivity contribution < 1.29 is 22.7 Å². The molecule has 0 aliphatic rings. The van der Waals surface area contributed by atoms with Gasteiger partial charge < -0.3 is 5.11 Å². The average molecular weight is 447 g/mol. The van der Waals surface area contributed by atoms with Crippen LogP contribution in [0, 0.1) is 5.82 Å². The normalized spacial score (nSPS) is 12.8. The zero-order valence-corrected chi connectivity index (χ0v) is 16.6. The predicted molar refractivity (Wildman–Crippen MR) is 110 cm³/mol. The minimum atomic E-state index is -4.80. The summed E-state index contributed by atoms with van der Waals surface area (Å²) < 4.78 is 53.4. The van der Waals surface area contributed by atoms with Crippen LogP contribution in [0.15, 0.2) is 67.0 Å². The van der Waals surface area contributed by atoms with Gasteiger partial charge in [-0.05, 0) is 35.9 Å². The van der Waals surface area contributed by atoms with Crippen molar-refractivity contribution in [2.24, 2.45) is 0 Å². The lowest BCUT2D eigenvalue weighted by Crippen LogP contribution is -2.11. The molecule has 8 heteroatoms. The van der Waals surface area contributed by atoms with E-state index in [1.165, 1.54) is 18.5 Å². The minimum Gasteiger partial charge on any atom is -0.505 e. The molecule has 2 aromatic heterocycles. The van der Waals surface area contributed by atoms with Gasteiger partial charge in [0.1, 0.15) is 17.1 Å². The number of aromatic nitrogens is 2. The maximum atomic E-state index is 14.3. The van der Waals surface area contributed by atoms with Crippen molar-refractivity contribution >= 4 is 22.5 Å². The highest BCUT2D eigenvalue weighted by Crippen LogP contribution is 2.39. The maximum Gasteiger partial charge on any atom is 0.419 e. The second-order valence-corrected chi connectivity index (χ2v) is 7.47. The number of hydrogen-bond acceptors (Lipinski definition) is 3. The van der Waals surface area contributed by atoms with Crippen molar-refractivity contribution in [1.82, 2.24) is 9.97 Å². The summed E-state index contributed by atoms with van der Waals surface area (Å²) in [7, 11) is 0. The number of aromatic hydroxyl groups is 1. The molecule has 0 saturated carbocycles. The number of nitrogens with zero attached hydrogens (tertiary/aromatic N) is 2. The van der Waals surface area contributed by atoms with Gasteiger partial charge in [0.25, 0.3) is 0 Å². The monoisotopic (exact) mass is 446 g/mol. The Morgan fingerprint density at radius 1 is 0.968 bits per heavy atom. The van der Waals surface area contributed by atoms with Crippen LogP contribution in [0.25, 0.3) is 10.9 Å². The molecule has 0 saturated heterocycles. The van der Waals surface area contributed by atoms with E-state index in [0.29, 0.717) is 33.2 Å². The van der Waals surface area contributed by atoms with Crippen LogP contribution in [0.1, 0.15) is 28.3 Å². The molecular weight excluding hydrogens is 432 g/mol. The third-order valence-electron chi connectivity index (χ3n) is 5.05. The molecule has 0 spiro atoms. The van der Waals surface area contributed by atoms with E-state index in [1.807, 2.05) is 0 Å². The van der Waals surface area contributed by atoms with E-state index < -0.39 is 23.5 Å². The fourth-order valence-corrected chi connectivity index (χ4v) is 3.76. The maximum absolute atomic E-state index is 14.3. The zero-order valence-electron chi connectivity index (χ0n) is 15.9. The fourth-order valence-electron chi connectivity index (χ4n) is 3.58. The highest BCUT2D eigenvalue weighted by Gasteiger charge is 2.34. The molecule has 158 valence electrons. The van der Waals surface area contributed by atoms with Gasteiger partial charge in [-0.15, -0.1) is 0 Å². The van der Waals surface area contributed by atoms with E-state index in [0.717, 1.165) is 6.07 Å². The van der Waals surface area contributed by atoms with Crippen molar-refractivity contribution in [2.75, 3.05) is 0 Å². The molecule has 2 aromatic carbocycles. The minimum absolute atomic E-state index is 0.120. The van der Waals surface area contributed by atoms with Gasteiger partial charge in [0.2, 0.25) is 0 Å². The van der Waals surface area contributed by atoms with Gasteiger partial charge in [0, 0.05) is 46.4 Å². The van der Waals surface area contributed by atoms with Gasteiger partial charge in [-0.25, -0.2) is 4.39 Å². The van der Waals surface area contributed by atoms with Gasteiger partial charge in [0.15, 0.2) is 0 Å². The molecular formula is C23H15ClF4N2O. The largest absolute Gasteiger partial charge is 0.505 e. The Hall–Kier alpha value is -3.19. The zero-order chi connectivity index (χ0) is 22.2. The summed E-state index contributed by atoms with van der Waals surface area (Å²) in [5, 5.41) is 12.0. The van der Waals surface area contributed by atoms with Crippen molar-refractivity contribution in [3.05, 3.63) is 100 Å². The third-order valence-corrected chi connectivity index (χ3v) is 5.28. The topological polar surface area (TPSA) is 46.0 Å². The summed E-state index contributed by atoms with van der Waals surface area (Å²) in [4.78, 5) is 8.44. The van der Waals surface area contributed by atoms with Gasteiger partial charge in [-0.3, -0.25) is 9.97 Å². The molecule has 0 bridgehead atoms. The Kier molecular flexibility index (Phi) is 5.54. The number of halogens is 5. The SMILES string of the molecule is Oc1c(C(Cc2cc(Cl)ccn2)c2ccc(C(F)(F)F)c(F)c2)ccc2cccnc12. The average Bonchev–Trinajstić information content (AvgIpc) is 2.72. The molecule has 0 radical (unpaired) electrons.